The van der Waals surface area contributed by atoms with E-state index in [1.54, 1.807) is 18.6 Å². The van der Waals surface area contributed by atoms with Gasteiger partial charge in [-0.3, -0.25) is 14.7 Å². The molecule has 1 amide bonds. The van der Waals surface area contributed by atoms with E-state index in [9.17, 15) is 4.79 Å². The fourth-order valence-electron chi connectivity index (χ4n) is 4.57. The summed E-state index contributed by atoms with van der Waals surface area (Å²) in [4.78, 5) is 31.1. The first-order chi connectivity index (χ1) is 18.9. The van der Waals surface area contributed by atoms with Crippen molar-refractivity contribution >= 4 is 39.2 Å². The smallest absolute Gasteiger partial charge is 0.255 e. The molecule has 0 saturated carbocycles. The van der Waals surface area contributed by atoms with Gasteiger partial charge in [0.05, 0.1) is 5.69 Å². The van der Waals surface area contributed by atoms with Crippen LogP contribution in [0.5, 0.6) is 0 Å². The van der Waals surface area contributed by atoms with Crippen LogP contribution < -0.4 is 10.6 Å². The molecule has 8 nitrogen and oxygen atoms in total. The maximum absolute atomic E-state index is 13.1. The normalized spacial score (nSPS) is 14.5. The average molecular weight is 587 g/mol. The number of carbonyl (C=O) groups excluding carboxylic acids is 1. The number of amides is 1. The highest BCUT2D eigenvalue weighted by molar-refractivity contribution is 9.10. The van der Waals surface area contributed by atoms with Gasteiger partial charge >= 0.3 is 0 Å². The van der Waals surface area contributed by atoms with Gasteiger partial charge in [-0.1, -0.05) is 28.1 Å². The van der Waals surface area contributed by atoms with E-state index in [0.717, 1.165) is 59.7 Å². The van der Waals surface area contributed by atoms with E-state index in [2.05, 4.69) is 58.4 Å². The summed E-state index contributed by atoms with van der Waals surface area (Å²) in [5.74, 6) is 0.307. The Bertz CT molecular complexity index is 1450. The summed E-state index contributed by atoms with van der Waals surface area (Å²) in [5, 5.41) is 6.31. The van der Waals surface area contributed by atoms with Gasteiger partial charge < -0.3 is 15.5 Å². The molecule has 0 unspecified atom stereocenters. The summed E-state index contributed by atoms with van der Waals surface area (Å²) in [6.45, 7) is 7.21. The summed E-state index contributed by atoms with van der Waals surface area (Å²) in [6, 6.07) is 17.3. The van der Waals surface area contributed by atoms with Crippen molar-refractivity contribution in [3.63, 3.8) is 0 Å². The van der Waals surface area contributed by atoms with Crippen LogP contribution in [0.1, 0.15) is 27.9 Å². The maximum atomic E-state index is 13.1. The van der Waals surface area contributed by atoms with Gasteiger partial charge in [0.15, 0.2) is 0 Å². The molecule has 2 N–H and O–H groups in total. The van der Waals surface area contributed by atoms with Crippen molar-refractivity contribution in [2.75, 3.05) is 43.9 Å². The predicted octanol–water partition coefficient (Wildman–Crippen LogP) is 5.74. The van der Waals surface area contributed by atoms with E-state index >= 15 is 0 Å². The van der Waals surface area contributed by atoms with Crippen molar-refractivity contribution < 1.29 is 4.79 Å². The topological polar surface area (TPSA) is 86.3 Å². The number of rotatable bonds is 7. The molecule has 2 aromatic heterocycles. The van der Waals surface area contributed by atoms with Crippen LogP contribution in [0.2, 0.25) is 0 Å². The number of nitrogens with one attached hydrogen (secondary N) is 2. The third-order valence-corrected chi connectivity index (χ3v) is 7.61. The Kier molecular flexibility index (Phi) is 8.61. The van der Waals surface area contributed by atoms with Crippen LogP contribution in [0.25, 0.3) is 11.3 Å². The molecule has 200 valence electrons. The number of halogens is 1. The number of pyridine rings is 1. The molecule has 5 rings (SSSR count). The largest absolute Gasteiger partial charge is 0.324 e. The Morgan fingerprint density at radius 1 is 1.03 bits per heavy atom. The highest BCUT2D eigenvalue weighted by Crippen LogP contribution is 2.26. The zero-order valence-corrected chi connectivity index (χ0v) is 23.8. The lowest BCUT2D eigenvalue weighted by atomic mass is 10.1. The summed E-state index contributed by atoms with van der Waals surface area (Å²) in [7, 11) is 2.18. The van der Waals surface area contributed by atoms with Crippen LogP contribution in [-0.4, -0.2) is 63.9 Å². The van der Waals surface area contributed by atoms with Gasteiger partial charge in [0.2, 0.25) is 5.95 Å². The molecule has 0 radical (unpaired) electrons. The monoisotopic (exact) mass is 585 g/mol. The van der Waals surface area contributed by atoms with Gasteiger partial charge in [-0.15, -0.1) is 0 Å². The van der Waals surface area contributed by atoms with Crippen LogP contribution in [0.4, 0.5) is 17.3 Å². The number of likely N-dealkylation sites (N-methyl/N-ethyl adjacent to an activating group) is 1. The fraction of sp³-hybridized carbons (Fsp3) is 0.267. The van der Waals surface area contributed by atoms with Crippen molar-refractivity contribution in [1.29, 1.82) is 0 Å². The van der Waals surface area contributed by atoms with Crippen molar-refractivity contribution in [3.8, 4) is 11.3 Å². The fourth-order valence-corrected chi connectivity index (χ4v) is 5.07. The minimum Gasteiger partial charge on any atom is -0.324 e. The maximum Gasteiger partial charge on any atom is 0.255 e. The minimum atomic E-state index is -0.164. The molecule has 0 atom stereocenters. The number of anilines is 3. The van der Waals surface area contributed by atoms with E-state index < -0.39 is 0 Å². The molecule has 1 fully saturated rings. The van der Waals surface area contributed by atoms with Gasteiger partial charge in [0.25, 0.3) is 5.91 Å². The summed E-state index contributed by atoms with van der Waals surface area (Å²) >= 11 is 3.70. The van der Waals surface area contributed by atoms with Crippen LogP contribution in [-0.2, 0) is 6.54 Å². The number of carbonyl (C=O) groups is 1. The van der Waals surface area contributed by atoms with Crippen LogP contribution in [0, 0.1) is 6.92 Å². The molecule has 9 heteroatoms. The Morgan fingerprint density at radius 3 is 2.74 bits per heavy atom. The van der Waals surface area contributed by atoms with Gasteiger partial charge in [0, 0.05) is 65.2 Å². The Morgan fingerprint density at radius 2 is 1.92 bits per heavy atom. The third kappa shape index (κ3) is 7.06. The molecule has 1 aliphatic rings. The van der Waals surface area contributed by atoms with Crippen molar-refractivity contribution in [1.82, 2.24) is 24.8 Å². The van der Waals surface area contributed by atoms with Crippen LogP contribution in [0.3, 0.4) is 0 Å². The highest BCUT2D eigenvalue weighted by atomic mass is 79.9. The predicted molar refractivity (Wildman–Crippen MR) is 159 cm³/mol. The first-order valence-electron chi connectivity index (χ1n) is 13.1. The van der Waals surface area contributed by atoms with Crippen LogP contribution >= 0.6 is 15.9 Å². The summed E-state index contributed by atoms with van der Waals surface area (Å²) in [6.07, 6.45) is 6.39. The van der Waals surface area contributed by atoms with Gasteiger partial charge in [0.1, 0.15) is 0 Å². The minimum absolute atomic E-state index is 0.164. The molecule has 3 heterocycles. The van der Waals surface area contributed by atoms with E-state index in [1.807, 2.05) is 61.5 Å². The van der Waals surface area contributed by atoms with Crippen molar-refractivity contribution in [2.45, 2.75) is 19.9 Å². The zero-order chi connectivity index (χ0) is 27.2. The molecule has 0 spiro atoms. The lowest BCUT2D eigenvalue weighted by Gasteiger charge is -2.21. The van der Waals surface area contributed by atoms with Crippen molar-refractivity contribution in [2.24, 2.45) is 0 Å². The highest BCUT2D eigenvalue weighted by Gasteiger charge is 2.15. The second-order valence-electron chi connectivity index (χ2n) is 9.86. The number of aryl methyl sites for hydroxylation is 1. The number of benzene rings is 2. The van der Waals surface area contributed by atoms with Crippen LogP contribution in [0.15, 0.2) is 77.7 Å². The quantitative estimate of drug-likeness (QED) is 0.286. The van der Waals surface area contributed by atoms with E-state index in [-0.39, 0.29) is 5.91 Å². The summed E-state index contributed by atoms with van der Waals surface area (Å²) < 4.78 is 0.949. The van der Waals surface area contributed by atoms with E-state index in [0.29, 0.717) is 17.2 Å². The Labute approximate surface area is 237 Å². The number of hydrogen-bond donors (Lipinski definition) is 2. The summed E-state index contributed by atoms with van der Waals surface area (Å²) in [5.41, 5.74) is 5.99. The SMILES string of the molecule is Cc1ccc(NC(=O)c2ccc(CN3CCCN(C)CC3)c(Br)c2)cc1Nc1nccc(-c2cccnc2)n1. The molecule has 0 bridgehead atoms. The lowest BCUT2D eigenvalue weighted by molar-refractivity contribution is 0.102. The second-order valence-corrected chi connectivity index (χ2v) is 10.7. The molecule has 1 aliphatic heterocycles. The number of hydrogen-bond acceptors (Lipinski definition) is 7. The first kappa shape index (κ1) is 26.9. The molecule has 2 aromatic carbocycles. The average Bonchev–Trinajstić information content (AvgIpc) is 3.16. The zero-order valence-electron chi connectivity index (χ0n) is 22.2. The molecule has 1 saturated heterocycles. The van der Waals surface area contributed by atoms with Gasteiger partial charge in [-0.05, 0) is 87.1 Å². The standard InChI is InChI=1S/C30H32BrN7O/c1-21-6-9-25(18-28(21)36-30-33-12-10-27(35-30)23-5-3-11-32-19-23)34-29(39)22-7-8-24(26(31)17-22)20-38-14-4-13-37(2)15-16-38/h3,5-12,17-19H,4,13-16,20H2,1-2H3,(H,34,39)(H,33,35,36). The molecule has 0 aliphatic carbocycles. The molecular weight excluding hydrogens is 554 g/mol. The second kappa shape index (κ2) is 12.5. The third-order valence-electron chi connectivity index (χ3n) is 6.88. The lowest BCUT2D eigenvalue weighted by Crippen LogP contribution is -2.28. The van der Waals surface area contributed by atoms with Gasteiger partial charge in [-0.2, -0.15) is 0 Å². The Balaban J connectivity index is 1.26. The van der Waals surface area contributed by atoms with E-state index in [1.165, 1.54) is 12.0 Å². The van der Waals surface area contributed by atoms with E-state index in [4.69, 9.17) is 0 Å². The first-order valence-corrected chi connectivity index (χ1v) is 13.9. The van der Waals surface area contributed by atoms with Gasteiger partial charge in [-0.25, -0.2) is 9.97 Å². The molecule has 4 aromatic rings. The molecular formula is C30H32BrN7O. The van der Waals surface area contributed by atoms with Crippen molar-refractivity contribution in [3.05, 3.63) is 94.4 Å². The Hall–Kier alpha value is -3.66. The number of aromatic nitrogens is 3. The number of nitrogens with zero attached hydrogens (tertiary/aromatic N) is 5. The molecule has 39 heavy (non-hydrogen) atoms.